The maximum atomic E-state index is 13.5. The molecule has 0 aliphatic rings. The van der Waals surface area contributed by atoms with Gasteiger partial charge in [-0.1, -0.05) is 55.8 Å². The number of ether oxygens (including phenoxy) is 1. The Kier molecular flexibility index (Phi) is 11.2. The number of benzene rings is 4. The topological polar surface area (TPSA) is 129 Å². The van der Waals surface area contributed by atoms with Gasteiger partial charge in [-0.15, -0.1) is 11.8 Å². The number of unbranched alkanes of at least 4 members (excludes halogenated alkanes) is 1. The zero-order valence-electron chi connectivity index (χ0n) is 25.7. The molecule has 3 amide bonds. The number of para-hydroxylation sites is 1. The van der Waals surface area contributed by atoms with Gasteiger partial charge in [-0.05, 0) is 73.2 Å². The third-order valence-electron chi connectivity index (χ3n) is 7.05. The Labute approximate surface area is 276 Å². The summed E-state index contributed by atoms with van der Waals surface area (Å²) < 4.78 is 5.22. The number of hydrogen-bond donors (Lipinski definition) is 4. The standard InChI is InChI=1S/C37H34N4O5S/c1-2-3-20-46-37(45)26-16-18-28(19-17-26)39-34(42)24-47-30-13-9-12-29(22-30)40-36(44)33(41-35(43)25-10-5-4-6-11-25)21-27-23-38-32-15-8-7-14-31(27)32/h4-19,21-23,38H,2-3,20,24H2,1H3,(H,39,42)(H,40,44)(H,41,43)/b33-21-. The molecule has 0 saturated carbocycles. The van der Waals surface area contributed by atoms with Crippen LogP contribution in [0.15, 0.2) is 120 Å². The summed E-state index contributed by atoms with van der Waals surface area (Å²) in [6.45, 7) is 2.40. The summed E-state index contributed by atoms with van der Waals surface area (Å²) in [4.78, 5) is 55.3. The number of thioether (sulfide) groups is 1. The zero-order valence-corrected chi connectivity index (χ0v) is 26.6. The number of nitrogens with one attached hydrogen (secondary N) is 4. The first-order valence-corrected chi connectivity index (χ1v) is 16.1. The lowest BCUT2D eigenvalue weighted by molar-refractivity contribution is -0.114. The van der Waals surface area contributed by atoms with Gasteiger partial charge in [0.15, 0.2) is 0 Å². The Bertz CT molecular complexity index is 1900. The molecule has 5 rings (SSSR count). The van der Waals surface area contributed by atoms with Crippen molar-refractivity contribution in [3.63, 3.8) is 0 Å². The summed E-state index contributed by atoms with van der Waals surface area (Å²) in [6, 6.07) is 30.0. The molecule has 4 aromatic carbocycles. The molecule has 10 heteroatoms. The fourth-order valence-electron chi connectivity index (χ4n) is 4.60. The maximum absolute atomic E-state index is 13.5. The third kappa shape index (κ3) is 9.21. The minimum Gasteiger partial charge on any atom is -0.462 e. The molecule has 4 N–H and O–H groups in total. The van der Waals surface area contributed by atoms with E-state index in [1.54, 1.807) is 79.0 Å². The number of carbonyl (C=O) groups excluding carboxylic acids is 4. The van der Waals surface area contributed by atoms with Crippen LogP contribution < -0.4 is 16.0 Å². The van der Waals surface area contributed by atoms with Crippen LogP contribution in [0.5, 0.6) is 0 Å². The van der Waals surface area contributed by atoms with Crippen LogP contribution in [-0.2, 0) is 14.3 Å². The zero-order chi connectivity index (χ0) is 33.0. The molecule has 0 unspecified atom stereocenters. The van der Waals surface area contributed by atoms with Gasteiger partial charge >= 0.3 is 5.97 Å². The number of aromatic nitrogens is 1. The molecule has 238 valence electrons. The van der Waals surface area contributed by atoms with Gasteiger partial charge < -0.3 is 25.7 Å². The Hall–Kier alpha value is -5.61. The van der Waals surface area contributed by atoms with Gasteiger partial charge in [0.05, 0.1) is 17.9 Å². The first kappa shape index (κ1) is 32.8. The Morgan fingerprint density at radius 3 is 2.36 bits per heavy atom. The van der Waals surface area contributed by atoms with Crippen LogP contribution in [0.2, 0.25) is 0 Å². The van der Waals surface area contributed by atoms with Crippen molar-refractivity contribution < 1.29 is 23.9 Å². The first-order chi connectivity index (χ1) is 22.9. The van der Waals surface area contributed by atoms with Crippen molar-refractivity contribution in [3.8, 4) is 0 Å². The van der Waals surface area contributed by atoms with Crippen LogP contribution in [-0.4, -0.2) is 41.0 Å². The summed E-state index contributed by atoms with van der Waals surface area (Å²) in [6.07, 6.45) is 5.17. The number of rotatable bonds is 13. The number of aromatic amines is 1. The molecule has 0 fully saturated rings. The lowest BCUT2D eigenvalue weighted by Gasteiger charge is -2.12. The van der Waals surface area contributed by atoms with E-state index < -0.39 is 17.8 Å². The van der Waals surface area contributed by atoms with Crippen molar-refractivity contribution in [2.24, 2.45) is 0 Å². The van der Waals surface area contributed by atoms with Crippen molar-refractivity contribution in [1.29, 1.82) is 0 Å². The van der Waals surface area contributed by atoms with Crippen molar-refractivity contribution in [1.82, 2.24) is 10.3 Å². The average molecular weight is 647 g/mol. The predicted molar refractivity (Wildman–Crippen MR) is 186 cm³/mol. The smallest absolute Gasteiger partial charge is 0.338 e. The normalized spacial score (nSPS) is 11.1. The third-order valence-corrected chi connectivity index (χ3v) is 8.04. The molecule has 0 atom stereocenters. The van der Waals surface area contributed by atoms with Gasteiger partial charge in [0.1, 0.15) is 5.70 Å². The highest BCUT2D eigenvalue weighted by Crippen LogP contribution is 2.24. The Morgan fingerprint density at radius 1 is 0.809 bits per heavy atom. The molecule has 0 aliphatic heterocycles. The summed E-state index contributed by atoms with van der Waals surface area (Å²) in [5.41, 5.74) is 3.63. The summed E-state index contributed by atoms with van der Waals surface area (Å²) in [5, 5.41) is 9.37. The van der Waals surface area contributed by atoms with E-state index in [4.69, 9.17) is 4.74 Å². The van der Waals surface area contributed by atoms with Crippen LogP contribution in [0.4, 0.5) is 11.4 Å². The van der Waals surface area contributed by atoms with Gasteiger partial charge in [-0.25, -0.2) is 4.79 Å². The first-order valence-electron chi connectivity index (χ1n) is 15.1. The van der Waals surface area contributed by atoms with E-state index in [2.05, 4.69) is 20.9 Å². The molecule has 0 radical (unpaired) electrons. The van der Waals surface area contributed by atoms with Gasteiger partial charge in [0, 0.05) is 44.5 Å². The number of hydrogen-bond acceptors (Lipinski definition) is 6. The number of esters is 1. The highest BCUT2D eigenvalue weighted by atomic mass is 32.2. The van der Waals surface area contributed by atoms with E-state index in [1.807, 2.05) is 43.3 Å². The molecule has 0 saturated heterocycles. The molecular weight excluding hydrogens is 612 g/mol. The number of H-pyrrole nitrogens is 1. The number of anilines is 2. The molecule has 5 aromatic rings. The number of carbonyl (C=O) groups is 4. The summed E-state index contributed by atoms with van der Waals surface area (Å²) >= 11 is 1.30. The van der Waals surface area contributed by atoms with Crippen LogP contribution in [0, 0.1) is 0 Å². The van der Waals surface area contributed by atoms with Crippen LogP contribution in [0.25, 0.3) is 17.0 Å². The second kappa shape index (κ2) is 16.1. The fourth-order valence-corrected chi connectivity index (χ4v) is 5.36. The molecule has 1 aromatic heterocycles. The summed E-state index contributed by atoms with van der Waals surface area (Å²) in [7, 11) is 0. The monoisotopic (exact) mass is 646 g/mol. The maximum Gasteiger partial charge on any atom is 0.338 e. The predicted octanol–water partition coefficient (Wildman–Crippen LogP) is 7.27. The van der Waals surface area contributed by atoms with Crippen molar-refractivity contribution >= 4 is 63.8 Å². The molecule has 0 aliphatic carbocycles. The number of amides is 3. The van der Waals surface area contributed by atoms with Gasteiger partial charge in [-0.3, -0.25) is 14.4 Å². The van der Waals surface area contributed by atoms with Crippen LogP contribution in [0.3, 0.4) is 0 Å². The summed E-state index contributed by atoms with van der Waals surface area (Å²) in [5.74, 6) is -1.41. The second-order valence-corrected chi connectivity index (χ2v) is 11.6. The van der Waals surface area contributed by atoms with E-state index in [-0.39, 0.29) is 17.4 Å². The van der Waals surface area contributed by atoms with E-state index in [0.29, 0.717) is 29.1 Å². The largest absolute Gasteiger partial charge is 0.462 e. The van der Waals surface area contributed by atoms with Crippen LogP contribution >= 0.6 is 11.8 Å². The van der Waals surface area contributed by atoms with Crippen molar-refractivity contribution in [3.05, 3.63) is 132 Å². The highest BCUT2D eigenvalue weighted by molar-refractivity contribution is 8.00. The van der Waals surface area contributed by atoms with E-state index in [0.717, 1.165) is 34.2 Å². The highest BCUT2D eigenvalue weighted by Gasteiger charge is 2.17. The Morgan fingerprint density at radius 2 is 1.57 bits per heavy atom. The molecule has 1 heterocycles. The fraction of sp³-hybridized carbons (Fsp3) is 0.135. The molecular formula is C37H34N4O5S. The minimum atomic E-state index is -0.503. The van der Waals surface area contributed by atoms with Crippen molar-refractivity contribution in [2.45, 2.75) is 24.7 Å². The minimum absolute atomic E-state index is 0.0706. The van der Waals surface area contributed by atoms with Crippen molar-refractivity contribution in [2.75, 3.05) is 23.0 Å². The molecule has 47 heavy (non-hydrogen) atoms. The lowest BCUT2D eigenvalue weighted by atomic mass is 10.1. The van der Waals surface area contributed by atoms with E-state index in [1.165, 1.54) is 11.8 Å². The average Bonchev–Trinajstić information content (AvgIpc) is 3.50. The number of fused-ring (bicyclic) bond motifs is 1. The van der Waals surface area contributed by atoms with E-state index >= 15 is 0 Å². The molecule has 0 spiro atoms. The molecule has 0 bridgehead atoms. The van der Waals surface area contributed by atoms with E-state index in [9.17, 15) is 19.2 Å². The second-order valence-electron chi connectivity index (χ2n) is 10.6. The molecule has 9 nitrogen and oxygen atoms in total. The SMILES string of the molecule is CCCCOC(=O)c1ccc(NC(=O)CSc2cccc(NC(=O)/C(=C/c3c[nH]c4ccccc34)NC(=O)c3ccccc3)c2)cc1. The lowest BCUT2D eigenvalue weighted by Crippen LogP contribution is -2.30. The van der Waals surface area contributed by atoms with Gasteiger partial charge in [0.25, 0.3) is 11.8 Å². The van der Waals surface area contributed by atoms with Gasteiger partial charge in [0.2, 0.25) is 5.91 Å². The Balaban J connectivity index is 1.22. The van der Waals surface area contributed by atoms with Crippen LogP contribution in [0.1, 0.15) is 46.0 Å². The quantitative estimate of drug-likeness (QED) is 0.0461. The van der Waals surface area contributed by atoms with Gasteiger partial charge in [-0.2, -0.15) is 0 Å².